The standard InChI is InChI=1S/C15H15N3O2S/c1-9-11(5-6-15(19)20)10(2)18-14(16-9)8-12(17-18)13-4-3-7-21-13/h3-4,7-8H,5-6H2,1-2H3,(H,19,20). The number of thiophene rings is 1. The summed E-state index contributed by atoms with van der Waals surface area (Å²) in [5.41, 5.74) is 4.49. The molecule has 0 amide bonds. The first-order chi connectivity index (χ1) is 10.1. The van der Waals surface area contributed by atoms with E-state index in [0.717, 1.165) is 33.2 Å². The molecule has 0 saturated heterocycles. The van der Waals surface area contributed by atoms with Crippen molar-refractivity contribution < 1.29 is 9.90 Å². The molecule has 0 bridgehead atoms. The summed E-state index contributed by atoms with van der Waals surface area (Å²) in [6.45, 7) is 3.88. The third-order valence-corrected chi connectivity index (χ3v) is 4.42. The highest BCUT2D eigenvalue weighted by Gasteiger charge is 2.14. The van der Waals surface area contributed by atoms with E-state index in [1.54, 1.807) is 15.9 Å². The van der Waals surface area contributed by atoms with Crippen LogP contribution in [0.4, 0.5) is 0 Å². The van der Waals surface area contributed by atoms with Crippen LogP contribution in [0.25, 0.3) is 16.2 Å². The Kier molecular flexibility index (Phi) is 3.47. The Morgan fingerprint density at radius 3 is 2.90 bits per heavy atom. The van der Waals surface area contributed by atoms with Crippen molar-refractivity contribution in [1.82, 2.24) is 14.6 Å². The predicted octanol–water partition coefficient (Wildman–Crippen LogP) is 3.09. The number of nitrogens with zero attached hydrogens (tertiary/aromatic N) is 3. The van der Waals surface area contributed by atoms with E-state index in [1.807, 2.05) is 37.4 Å². The zero-order chi connectivity index (χ0) is 15.0. The van der Waals surface area contributed by atoms with Crippen LogP contribution in [-0.4, -0.2) is 25.7 Å². The Morgan fingerprint density at radius 2 is 2.24 bits per heavy atom. The van der Waals surface area contributed by atoms with E-state index in [0.29, 0.717) is 6.42 Å². The van der Waals surface area contributed by atoms with Gasteiger partial charge < -0.3 is 5.11 Å². The van der Waals surface area contributed by atoms with Gasteiger partial charge in [0.15, 0.2) is 5.65 Å². The molecule has 0 aliphatic heterocycles. The average molecular weight is 301 g/mol. The number of aryl methyl sites for hydroxylation is 2. The number of carboxylic acids is 1. The summed E-state index contributed by atoms with van der Waals surface area (Å²) < 4.78 is 1.80. The Hall–Kier alpha value is -2.21. The van der Waals surface area contributed by atoms with Crippen LogP contribution >= 0.6 is 11.3 Å². The highest BCUT2D eigenvalue weighted by molar-refractivity contribution is 7.13. The lowest BCUT2D eigenvalue weighted by molar-refractivity contribution is -0.136. The van der Waals surface area contributed by atoms with E-state index in [4.69, 9.17) is 5.11 Å². The maximum atomic E-state index is 10.8. The second kappa shape index (κ2) is 5.29. The summed E-state index contributed by atoms with van der Waals surface area (Å²) in [6, 6.07) is 5.99. The Morgan fingerprint density at radius 1 is 1.43 bits per heavy atom. The number of aromatic nitrogens is 3. The van der Waals surface area contributed by atoms with Crippen LogP contribution in [0.15, 0.2) is 23.6 Å². The first kappa shape index (κ1) is 13.8. The van der Waals surface area contributed by atoms with Crippen molar-refractivity contribution in [3.63, 3.8) is 0 Å². The first-order valence-electron chi connectivity index (χ1n) is 6.68. The van der Waals surface area contributed by atoms with Gasteiger partial charge in [0, 0.05) is 23.9 Å². The van der Waals surface area contributed by atoms with Crippen LogP contribution < -0.4 is 0 Å². The molecular weight excluding hydrogens is 286 g/mol. The predicted molar refractivity (Wildman–Crippen MR) is 81.7 cm³/mol. The molecule has 3 aromatic heterocycles. The summed E-state index contributed by atoms with van der Waals surface area (Å²) in [4.78, 5) is 16.4. The third kappa shape index (κ3) is 2.54. The third-order valence-electron chi connectivity index (χ3n) is 3.53. The Labute approximate surface area is 125 Å². The van der Waals surface area contributed by atoms with Crippen molar-refractivity contribution in [1.29, 1.82) is 0 Å². The van der Waals surface area contributed by atoms with E-state index >= 15 is 0 Å². The van der Waals surface area contributed by atoms with E-state index in [9.17, 15) is 4.79 Å². The summed E-state index contributed by atoms with van der Waals surface area (Å²) >= 11 is 1.64. The Bertz CT molecular complexity index is 806. The second-order valence-corrected chi connectivity index (χ2v) is 5.88. The van der Waals surface area contributed by atoms with Crippen LogP contribution in [0.2, 0.25) is 0 Å². The maximum absolute atomic E-state index is 10.8. The van der Waals surface area contributed by atoms with Crippen LogP contribution in [0, 0.1) is 13.8 Å². The quantitative estimate of drug-likeness (QED) is 0.804. The zero-order valence-corrected chi connectivity index (χ0v) is 12.6. The molecule has 0 spiro atoms. The molecule has 3 aromatic rings. The minimum atomic E-state index is -0.798. The van der Waals surface area contributed by atoms with Crippen LogP contribution in [-0.2, 0) is 11.2 Å². The molecular formula is C15H15N3O2S. The lowest BCUT2D eigenvalue weighted by atomic mass is 10.1. The van der Waals surface area contributed by atoms with E-state index in [-0.39, 0.29) is 6.42 Å². The topological polar surface area (TPSA) is 67.5 Å². The van der Waals surface area contributed by atoms with Crippen molar-refractivity contribution in [2.45, 2.75) is 26.7 Å². The molecule has 0 aromatic carbocycles. The van der Waals surface area contributed by atoms with E-state index in [1.165, 1.54) is 0 Å². The van der Waals surface area contributed by atoms with Gasteiger partial charge in [0.2, 0.25) is 0 Å². The highest BCUT2D eigenvalue weighted by atomic mass is 32.1. The molecule has 0 unspecified atom stereocenters. The van der Waals surface area contributed by atoms with Crippen molar-refractivity contribution in [2.75, 3.05) is 0 Å². The van der Waals surface area contributed by atoms with E-state index < -0.39 is 5.97 Å². The fourth-order valence-electron chi connectivity index (χ4n) is 2.47. The van der Waals surface area contributed by atoms with Gasteiger partial charge in [-0.25, -0.2) is 9.50 Å². The summed E-state index contributed by atoms with van der Waals surface area (Å²) in [5.74, 6) is -0.798. The normalized spacial score (nSPS) is 11.1. The monoisotopic (exact) mass is 301 g/mol. The van der Waals surface area contributed by atoms with Crippen molar-refractivity contribution in [3.05, 3.63) is 40.5 Å². The number of hydrogen-bond acceptors (Lipinski definition) is 4. The van der Waals surface area contributed by atoms with Gasteiger partial charge in [-0.2, -0.15) is 5.10 Å². The van der Waals surface area contributed by atoms with Gasteiger partial charge >= 0.3 is 5.97 Å². The second-order valence-electron chi connectivity index (χ2n) is 4.93. The molecule has 0 fully saturated rings. The maximum Gasteiger partial charge on any atom is 0.303 e. The van der Waals surface area contributed by atoms with Gasteiger partial charge in [-0.3, -0.25) is 4.79 Å². The lowest BCUT2D eigenvalue weighted by Crippen LogP contribution is -2.07. The number of fused-ring (bicyclic) bond motifs is 1. The zero-order valence-electron chi connectivity index (χ0n) is 11.8. The Balaban J connectivity index is 2.09. The molecule has 6 heteroatoms. The fourth-order valence-corrected chi connectivity index (χ4v) is 3.15. The SMILES string of the molecule is Cc1nc2cc(-c3cccs3)nn2c(C)c1CCC(=O)O. The van der Waals surface area contributed by atoms with Gasteiger partial charge in [-0.1, -0.05) is 6.07 Å². The molecule has 21 heavy (non-hydrogen) atoms. The summed E-state index contributed by atoms with van der Waals surface area (Å²) in [5, 5.41) is 15.5. The van der Waals surface area contributed by atoms with E-state index in [2.05, 4.69) is 10.1 Å². The molecule has 0 atom stereocenters. The van der Waals surface area contributed by atoms with Crippen LogP contribution in [0.3, 0.4) is 0 Å². The molecule has 1 N–H and O–H groups in total. The fraction of sp³-hybridized carbons (Fsp3) is 0.267. The van der Waals surface area contributed by atoms with Gasteiger partial charge in [-0.15, -0.1) is 11.3 Å². The molecule has 0 aliphatic rings. The molecule has 5 nitrogen and oxygen atoms in total. The van der Waals surface area contributed by atoms with Crippen LogP contribution in [0.1, 0.15) is 23.4 Å². The molecule has 3 heterocycles. The number of rotatable bonds is 4. The first-order valence-corrected chi connectivity index (χ1v) is 7.56. The largest absolute Gasteiger partial charge is 0.481 e. The number of hydrogen-bond donors (Lipinski definition) is 1. The molecule has 108 valence electrons. The molecule has 0 aliphatic carbocycles. The summed E-state index contributed by atoms with van der Waals surface area (Å²) in [6.07, 6.45) is 0.581. The van der Waals surface area contributed by atoms with Gasteiger partial charge in [0.25, 0.3) is 0 Å². The summed E-state index contributed by atoms with van der Waals surface area (Å²) in [7, 11) is 0. The number of carbonyl (C=O) groups is 1. The highest BCUT2D eigenvalue weighted by Crippen LogP contribution is 2.25. The van der Waals surface area contributed by atoms with Crippen LogP contribution in [0.5, 0.6) is 0 Å². The van der Waals surface area contributed by atoms with Crippen molar-refractivity contribution >= 4 is 23.0 Å². The smallest absolute Gasteiger partial charge is 0.303 e. The molecule has 3 rings (SSSR count). The number of carboxylic acid groups (broad SMARTS) is 1. The van der Waals surface area contributed by atoms with Gasteiger partial charge in [0.05, 0.1) is 4.88 Å². The lowest BCUT2D eigenvalue weighted by Gasteiger charge is -2.09. The van der Waals surface area contributed by atoms with Gasteiger partial charge in [-0.05, 0) is 37.3 Å². The molecule has 0 saturated carbocycles. The average Bonchev–Trinajstić information content (AvgIpc) is 3.05. The minimum absolute atomic E-state index is 0.105. The van der Waals surface area contributed by atoms with Crippen molar-refractivity contribution in [3.8, 4) is 10.6 Å². The van der Waals surface area contributed by atoms with Gasteiger partial charge in [0.1, 0.15) is 5.69 Å². The number of aliphatic carboxylic acids is 1. The van der Waals surface area contributed by atoms with Crippen molar-refractivity contribution in [2.24, 2.45) is 0 Å². The molecule has 0 radical (unpaired) electrons. The minimum Gasteiger partial charge on any atom is -0.481 e.